The van der Waals surface area contributed by atoms with Crippen LogP contribution in [0.3, 0.4) is 0 Å². The summed E-state index contributed by atoms with van der Waals surface area (Å²) in [7, 11) is 1.67. The van der Waals surface area contributed by atoms with Gasteiger partial charge in [-0.3, -0.25) is 0 Å². The van der Waals surface area contributed by atoms with E-state index in [2.05, 4.69) is 18.7 Å². The van der Waals surface area contributed by atoms with Crippen LogP contribution in [0.15, 0.2) is 48.5 Å². The zero-order valence-electron chi connectivity index (χ0n) is 21.6. The van der Waals surface area contributed by atoms with Gasteiger partial charge in [0.15, 0.2) is 0 Å². The van der Waals surface area contributed by atoms with E-state index in [0.29, 0.717) is 11.6 Å². The molecule has 1 N–H and O–H groups in total. The van der Waals surface area contributed by atoms with Gasteiger partial charge in [-0.2, -0.15) is 0 Å². The molecule has 0 amide bonds. The van der Waals surface area contributed by atoms with E-state index in [1.165, 1.54) is 51.4 Å². The Balaban J connectivity index is 1.89. The van der Waals surface area contributed by atoms with Gasteiger partial charge in [0, 0.05) is 22.5 Å². The van der Waals surface area contributed by atoms with Gasteiger partial charge in [0.05, 0.1) is 24.4 Å². The fraction of sp³-hybridized carbons (Fsp3) is 0.500. The second kappa shape index (κ2) is 14.4. The zero-order valence-corrected chi connectivity index (χ0v) is 22.4. The van der Waals surface area contributed by atoms with Crippen LogP contribution in [0.5, 0.6) is 5.75 Å². The number of aliphatic hydroxyl groups is 1. The van der Waals surface area contributed by atoms with Crippen molar-refractivity contribution >= 4 is 22.5 Å². The van der Waals surface area contributed by atoms with Gasteiger partial charge in [0.25, 0.3) is 0 Å². The number of hydrogen-bond donors (Lipinski definition) is 1. The Morgan fingerprint density at radius 3 is 2.14 bits per heavy atom. The van der Waals surface area contributed by atoms with Gasteiger partial charge in [-0.1, -0.05) is 76.1 Å². The molecule has 3 aromatic rings. The van der Waals surface area contributed by atoms with Crippen molar-refractivity contribution in [2.45, 2.75) is 71.3 Å². The van der Waals surface area contributed by atoms with E-state index >= 15 is 0 Å². The zero-order chi connectivity index (χ0) is 25.0. The van der Waals surface area contributed by atoms with E-state index < -0.39 is 6.10 Å². The van der Waals surface area contributed by atoms with Gasteiger partial charge in [0.1, 0.15) is 5.75 Å². The number of aliphatic hydroxyl groups excluding tert-OH is 1. The highest BCUT2D eigenvalue weighted by Gasteiger charge is 2.19. The third-order valence-corrected chi connectivity index (χ3v) is 6.89. The van der Waals surface area contributed by atoms with Crippen LogP contribution < -0.4 is 4.74 Å². The first-order chi connectivity index (χ1) is 17.0. The summed E-state index contributed by atoms with van der Waals surface area (Å²) in [5.74, 6) is 0.767. The Kier molecular flexibility index (Phi) is 11.3. The van der Waals surface area contributed by atoms with Gasteiger partial charge in [-0.15, -0.1) is 0 Å². The second-order valence-corrected chi connectivity index (χ2v) is 9.86. The summed E-state index contributed by atoms with van der Waals surface area (Å²) in [5.41, 5.74) is 3.57. The summed E-state index contributed by atoms with van der Waals surface area (Å²) in [6.07, 6.45) is 9.23. The molecule has 0 bridgehead atoms. The Labute approximate surface area is 216 Å². The molecule has 3 rings (SSSR count). The first kappa shape index (κ1) is 27.4. The van der Waals surface area contributed by atoms with Crippen LogP contribution in [0.4, 0.5) is 0 Å². The highest BCUT2D eigenvalue weighted by Crippen LogP contribution is 2.32. The molecule has 5 heteroatoms. The van der Waals surface area contributed by atoms with Crippen LogP contribution in [0.2, 0.25) is 5.02 Å². The average molecular weight is 497 g/mol. The molecule has 1 heterocycles. The molecule has 190 valence electrons. The van der Waals surface area contributed by atoms with Crippen LogP contribution in [0, 0.1) is 0 Å². The fourth-order valence-electron chi connectivity index (χ4n) is 4.56. The topological polar surface area (TPSA) is 45.6 Å². The maximum Gasteiger partial charge on any atom is 0.119 e. The summed E-state index contributed by atoms with van der Waals surface area (Å²) in [4.78, 5) is 7.34. The van der Waals surface area contributed by atoms with Crippen LogP contribution >= 0.6 is 11.6 Å². The van der Waals surface area contributed by atoms with Crippen LogP contribution in [-0.2, 0) is 0 Å². The highest BCUT2D eigenvalue weighted by molar-refractivity contribution is 6.30. The number of fused-ring (bicyclic) bond motifs is 1. The molecule has 35 heavy (non-hydrogen) atoms. The van der Waals surface area contributed by atoms with Gasteiger partial charge >= 0.3 is 0 Å². The van der Waals surface area contributed by atoms with E-state index in [1.54, 1.807) is 7.11 Å². The average Bonchev–Trinajstić information content (AvgIpc) is 2.88. The van der Waals surface area contributed by atoms with E-state index in [9.17, 15) is 5.11 Å². The number of pyridine rings is 1. The lowest BCUT2D eigenvalue weighted by molar-refractivity contribution is 0.111. The minimum Gasteiger partial charge on any atom is -0.497 e. The van der Waals surface area contributed by atoms with Crippen LogP contribution in [-0.4, -0.2) is 41.7 Å². The number of aromatic nitrogens is 1. The lowest BCUT2D eigenvalue weighted by Crippen LogP contribution is -2.31. The number of ether oxygens (including phenoxy) is 1. The molecule has 0 radical (unpaired) electrons. The van der Waals surface area contributed by atoms with Crippen LogP contribution in [0.1, 0.15) is 76.9 Å². The highest BCUT2D eigenvalue weighted by atomic mass is 35.5. The molecule has 0 spiro atoms. The van der Waals surface area contributed by atoms with E-state index in [4.69, 9.17) is 21.3 Å². The largest absolute Gasteiger partial charge is 0.497 e. The third kappa shape index (κ3) is 8.20. The number of unbranched alkanes of at least 4 members (excludes halogenated alkanes) is 6. The number of benzene rings is 2. The number of hydrogen-bond acceptors (Lipinski definition) is 4. The quantitative estimate of drug-likeness (QED) is 0.216. The molecule has 1 aromatic heterocycles. The van der Waals surface area contributed by atoms with E-state index in [-0.39, 0.29) is 0 Å². The number of methoxy groups -OCH3 is 1. The van der Waals surface area contributed by atoms with Gasteiger partial charge in [-0.25, -0.2) is 4.98 Å². The molecule has 0 saturated heterocycles. The smallest absolute Gasteiger partial charge is 0.119 e. The van der Waals surface area contributed by atoms with Crippen LogP contribution in [0.25, 0.3) is 22.2 Å². The molecule has 2 aromatic carbocycles. The van der Waals surface area contributed by atoms with Gasteiger partial charge in [0.2, 0.25) is 0 Å². The van der Waals surface area contributed by atoms with Crippen molar-refractivity contribution < 1.29 is 9.84 Å². The molecular formula is C30H41ClN2O2. The van der Waals surface area contributed by atoms with Crippen molar-refractivity contribution in [3.05, 3.63) is 59.1 Å². The van der Waals surface area contributed by atoms with Gasteiger partial charge < -0.3 is 14.7 Å². The first-order valence-electron chi connectivity index (χ1n) is 13.2. The predicted octanol–water partition coefficient (Wildman–Crippen LogP) is 8.06. The van der Waals surface area contributed by atoms with Crippen molar-refractivity contribution in [2.24, 2.45) is 0 Å². The number of halogens is 1. The molecule has 0 aliphatic carbocycles. The van der Waals surface area contributed by atoms with E-state index in [0.717, 1.165) is 46.6 Å². The minimum atomic E-state index is -0.615. The Morgan fingerprint density at radius 2 is 1.54 bits per heavy atom. The molecule has 0 saturated carbocycles. The standard InChI is InChI=1S/C30H41ClN2O2/c1-4-6-8-10-18-33(19-11-9-7-5-2)22-30(34)27-21-29(23-12-14-24(31)15-13-23)32-28-17-16-25(35-3)20-26(27)28/h12-17,20-21,30,34H,4-11,18-19,22H2,1-3H3/t30-/m1/s1. The second-order valence-electron chi connectivity index (χ2n) is 9.42. The number of rotatable bonds is 15. The Hall–Kier alpha value is -2.14. The SMILES string of the molecule is CCCCCCN(CCCCCC)C[C@@H](O)c1cc(-c2ccc(Cl)cc2)nc2ccc(OC)cc12. The molecule has 0 aliphatic heterocycles. The molecule has 0 fully saturated rings. The monoisotopic (exact) mass is 496 g/mol. The first-order valence-corrected chi connectivity index (χ1v) is 13.6. The van der Waals surface area contributed by atoms with Gasteiger partial charge in [-0.05, 0) is 67.9 Å². The van der Waals surface area contributed by atoms with Crippen molar-refractivity contribution in [2.75, 3.05) is 26.7 Å². The number of nitrogens with zero attached hydrogens (tertiary/aromatic N) is 2. The summed E-state index contributed by atoms with van der Waals surface area (Å²) in [5, 5.41) is 13.2. The summed E-state index contributed by atoms with van der Waals surface area (Å²) < 4.78 is 5.48. The van der Waals surface area contributed by atoms with Crippen molar-refractivity contribution in [3.8, 4) is 17.0 Å². The lowest BCUT2D eigenvalue weighted by atomic mass is 9.99. The maximum atomic E-state index is 11.5. The molecule has 4 nitrogen and oxygen atoms in total. The van der Waals surface area contributed by atoms with E-state index in [1.807, 2.05) is 48.5 Å². The molecular weight excluding hydrogens is 456 g/mol. The molecule has 0 unspecified atom stereocenters. The summed E-state index contributed by atoms with van der Waals surface area (Å²) >= 11 is 6.11. The normalized spacial score (nSPS) is 12.4. The van der Waals surface area contributed by atoms with Crippen molar-refractivity contribution in [1.82, 2.24) is 9.88 Å². The Bertz CT molecular complexity index is 1030. The minimum absolute atomic E-state index is 0.615. The fourth-order valence-corrected chi connectivity index (χ4v) is 4.69. The Morgan fingerprint density at radius 1 is 0.886 bits per heavy atom. The van der Waals surface area contributed by atoms with Crippen molar-refractivity contribution in [1.29, 1.82) is 0 Å². The molecule has 1 atom stereocenters. The summed E-state index contributed by atoms with van der Waals surface area (Å²) in [6, 6.07) is 15.6. The predicted molar refractivity (Wildman–Crippen MR) is 148 cm³/mol. The molecule has 0 aliphatic rings. The summed E-state index contributed by atoms with van der Waals surface area (Å²) in [6.45, 7) is 7.16. The third-order valence-electron chi connectivity index (χ3n) is 6.63. The van der Waals surface area contributed by atoms with Crippen molar-refractivity contribution in [3.63, 3.8) is 0 Å². The lowest BCUT2D eigenvalue weighted by Gasteiger charge is -2.26. The maximum absolute atomic E-state index is 11.5.